The first kappa shape index (κ1) is 32.7. The molecule has 8 heteroatoms. The van der Waals surface area contributed by atoms with Gasteiger partial charge in [0, 0.05) is 10.9 Å². The Morgan fingerprint density at radius 3 is 1.18 bits per heavy atom. The summed E-state index contributed by atoms with van der Waals surface area (Å²) in [5.74, 6) is 6.48. The molecule has 0 N–H and O–H groups in total. The van der Waals surface area contributed by atoms with E-state index in [0.717, 1.165) is 135 Å². The maximum Gasteiger partial charge on any atom is 0.256 e. The third kappa shape index (κ3) is 4.16. The highest BCUT2D eigenvalue weighted by atomic mass is 16.5. The van der Waals surface area contributed by atoms with Crippen LogP contribution in [0.15, 0.2) is 182 Å². The number of anilines is 6. The van der Waals surface area contributed by atoms with Crippen LogP contribution >= 0.6 is 0 Å². The number of nitrogens with zero attached hydrogens (tertiary/aromatic N) is 2. The van der Waals surface area contributed by atoms with Crippen LogP contribution in [0.3, 0.4) is 0 Å². The Hall–Kier alpha value is -8.09. The lowest BCUT2D eigenvalue weighted by molar-refractivity contribution is 0.466. The highest BCUT2D eigenvalue weighted by Crippen LogP contribution is 2.60. The zero-order valence-corrected chi connectivity index (χ0v) is 33.0. The summed E-state index contributed by atoms with van der Waals surface area (Å²) in [6.07, 6.45) is 0. The highest BCUT2D eigenvalue weighted by Gasteiger charge is 2.54. The molecular formula is C54H30B2N2O4. The van der Waals surface area contributed by atoms with E-state index in [1.165, 1.54) is 0 Å². The van der Waals surface area contributed by atoms with E-state index < -0.39 is 0 Å². The molecule has 6 aliphatic rings. The van der Waals surface area contributed by atoms with Crippen LogP contribution in [0.2, 0.25) is 0 Å². The molecule has 0 radical (unpaired) electrons. The predicted octanol–water partition coefficient (Wildman–Crippen LogP) is 10.0. The number of fused-ring (bicyclic) bond motifs is 14. The number of hydrogen-bond donors (Lipinski definition) is 0. The fourth-order valence-electron chi connectivity index (χ4n) is 11.0. The minimum Gasteiger partial charge on any atom is -0.456 e. The quantitative estimate of drug-likeness (QED) is 0.163. The molecule has 15 rings (SSSR count). The third-order valence-electron chi connectivity index (χ3n) is 13.5. The fraction of sp³-hybridized carbons (Fsp3) is 0. The van der Waals surface area contributed by atoms with E-state index in [1.807, 2.05) is 12.1 Å². The first-order valence-electron chi connectivity index (χ1n) is 21.1. The van der Waals surface area contributed by atoms with Gasteiger partial charge in [0.1, 0.15) is 23.0 Å². The molecule has 62 heavy (non-hydrogen) atoms. The van der Waals surface area contributed by atoms with Crippen LogP contribution in [-0.4, -0.2) is 13.4 Å². The number of para-hydroxylation sites is 6. The summed E-state index contributed by atoms with van der Waals surface area (Å²) in [4.78, 5) is 4.78. The molecule has 6 heterocycles. The van der Waals surface area contributed by atoms with Gasteiger partial charge in [0.15, 0.2) is 23.0 Å². The van der Waals surface area contributed by atoms with Gasteiger partial charge in [0.2, 0.25) is 0 Å². The van der Waals surface area contributed by atoms with Gasteiger partial charge >= 0.3 is 0 Å². The van der Waals surface area contributed by atoms with Gasteiger partial charge in [0.25, 0.3) is 13.4 Å². The smallest absolute Gasteiger partial charge is 0.256 e. The minimum atomic E-state index is -0.206. The molecule has 0 aromatic heterocycles. The fourth-order valence-corrected chi connectivity index (χ4v) is 11.0. The van der Waals surface area contributed by atoms with E-state index in [4.69, 9.17) is 18.9 Å². The van der Waals surface area contributed by atoms with Gasteiger partial charge in [-0.3, -0.25) is 0 Å². The van der Waals surface area contributed by atoms with E-state index in [0.29, 0.717) is 0 Å². The molecule has 286 valence electrons. The van der Waals surface area contributed by atoms with Crippen LogP contribution in [0.25, 0.3) is 22.3 Å². The van der Waals surface area contributed by atoms with E-state index in [2.05, 4.69) is 180 Å². The van der Waals surface area contributed by atoms with Gasteiger partial charge in [-0.05, 0) is 92.6 Å². The number of ether oxygens (including phenoxy) is 4. The predicted molar refractivity (Wildman–Crippen MR) is 249 cm³/mol. The average molecular weight is 792 g/mol. The van der Waals surface area contributed by atoms with E-state index >= 15 is 0 Å². The lowest BCUT2D eigenvalue weighted by Gasteiger charge is -2.49. The van der Waals surface area contributed by atoms with Crippen molar-refractivity contribution < 1.29 is 18.9 Å². The summed E-state index contributed by atoms with van der Waals surface area (Å²) in [5, 5.41) is 0. The molecule has 0 aliphatic carbocycles. The Kier molecular flexibility index (Phi) is 6.23. The van der Waals surface area contributed by atoms with E-state index in [9.17, 15) is 0 Å². The SMILES string of the molecule is c1ccc(-c2ccc3c(c2)Oc2c4c(c5c6c2N2c7ccccc7Oc7cccc(c72)B6c2ccc(-c6ccccc6)cc2O5)N2c5ccccc5Oc5cccc(c52)B34)cc1. The Labute approximate surface area is 357 Å². The molecule has 0 atom stereocenters. The number of rotatable bonds is 2. The second kappa shape index (κ2) is 11.8. The second-order valence-electron chi connectivity index (χ2n) is 16.7. The minimum absolute atomic E-state index is 0.206. The molecule has 0 bridgehead atoms. The van der Waals surface area contributed by atoms with Crippen LogP contribution in [0.5, 0.6) is 46.0 Å². The standard InChI is InChI=1S/C54H30B2N2O4/c1-3-13-31(14-4-1)33-25-27-35-45(29-33)61-53-47-52(58-40-20-8-10-22-42(40)59-43-23-11-17-37(49(43)58)55(35)47)54-48-51(53)57-39-19-7-9-21-41(39)60-44-24-12-18-38(50(44)57)56(48)36-28-26-34(30-46(36)62-54)32-15-5-2-6-16-32/h1-30H. The van der Waals surface area contributed by atoms with Crippen molar-refractivity contribution in [1.82, 2.24) is 0 Å². The Balaban J connectivity index is 1.10. The van der Waals surface area contributed by atoms with Crippen molar-refractivity contribution in [3.05, 3.63) is 182 Å². The van der Waals surface area contributed by atoms with Crippen LogP contribution in [-0.2, 0) is 0 Å². The van der Waals surface area contributed by atoms with Crippen molar-refractivity contribution in [2.75, 3.05) is 9.80 Å². The first-order valence-corrected chi connectivity index (χ1v) is 21.1. The lowest BCUT2D eigenvalue weighted by atomic mass is 9.31. The second-order valence-corrected chi connectivity index (χ2v) is 16.7. The van der Waals surface area contributed by atoms with Gasteiger partial charge in [-0.25, -0.2) is 0 Å². The normalized spacial score (nSPS) is 14.2. The van der Waals surface area contributed by atoms with Crippen molar-refractivity contribution in [2.24, 2.45) is 0 Å². The van der Waals surface area contributed by atoms with Gasteiger partial charge < -0.3 is 28.7 Å². The summed E-state index contributed by atoms with van der Waals surface area (Å²) in [7, 11) is 0. The average Bonchev–Trinajstić information content (AvgIpc) is 3.33. The van der Waals surface area contributed by atoms with Crippen molar-refractivity contribution >= 4 is 80.3 Å². The van der Waals surface area contributed by atoms with Crippen LogP contribution < -0.4 is 61.5 Å². The zero-order valence-electron chi connectivity index (χ0n) is 33.0. The largest absolute Gasteiger partial charge is 0.456 e. The van der Waals surface area contributed by atoms with Crippen LogP contribution in [0.1, 0.15) is 0 Å². The van der Waals surface area contributed by atoms with Gasteiger partial charge in [-0.15, -0.1) is 0 Å². The number of hydrogen-bond acceptors (Lipinski definition) is 6. The number of benzene rings is 9. The molecule has 0 saturated heterocycles. The van der Waals surface area contributed by atoms with Crippen LogP contribution in [0.4, 0.5) is 34.1 Å². The zero-order chi connectivity index (χ0) is 40.2. The molecule has 0 amide bonds. The van der Waals surface area contributed by atoms with Crippen molar-refractivity contribution in [3.63, 3.8) is 0 Å². The van der Waals surface area contributed by atoms with Crippen molar-refractivity contribution in [2.45, 2.75) is 0 Å². The van der Waals surface area contributed by atoms with Gasteiger partial charge in [-0.2, -0.15) is 0 Å². The van der Waals surface area contributed by atoms with Gasteiger partial charge in [0.05, 0.1) is 34.1 Å². The summed E-state index contributed by atoms with van der Waals surface area (Å²) in [5.41, 5.74) is 16.9. The molecule has 0 spiro atoms. The molecular weight excluding hydrogens is 762 g/mol. The molecule has 6 nitrogen and oxygen atoms in total. The Bertz CT molecular complexity index is 3240. The Morgan fingerprint density at radius 2 is 0.710 bits per heavy atom. The lowest BCUT2D eigenvalue weighted by Crippen LogP contribution is -2.64. The molecule has 9 aromatic carbocycles. The van der Waals surface area contributed by atoms with Crippen LogP contribution in [0, 0.1) is 0 Å². The van der Waals surface area contributed by atoms with E-state index in [-0.39, 0.29) is 13.4 Å². The topological polar surface area (TPSA) is 43.4 Å². The monoisotopic (exact) mass is 792 g/mol. The van der Waals surface area contributed by atoms with Crippen molar-refractivity contribution in [3.8, 4) is 68.2 Å². The van der Waals surface area contributed by atoms with Gasteiger partial charge in [-0.1, -0.05) is 133 Å². The Morgan fingerprint density at radius 1 is 0.290 bits per heavy atom. The molecule has 6 aliphatic heterocycles. The maximum atomic E-state index is 7.60. The van der Waals surface area contributed by atoms with E-state index in [1.54, 1.807) is 0 Å². The summed E-state index contributed by atoms with van der Waals surface area (Å²) in [6, 6.07) is 64.1. The third-order valence-corrected chi connectivity index (χ3v) is 13.5. The maximum absolute atomic E-state index is 7.60. The molecule has 0 saturated carbocycles. The summed E-state index contributed by atoms with van der Waals surface area (Å²) in [6.45, 7) is -0.413. The summed E-state index contributed by atoms with van der Waals surface area (Å²) < 4.78 is 28.8. The first-order chi connectivity index (χ1) is 30.8. The molecule has 0 unspecified atom stereocenters. The summed E-state index contributed by atoms with van der Waals surface area (Å²) >= 11 is 0. The van der Waals surface area contributed by atoms with Crippen molar-refractivity contribution in [1.29, 1.82) is 0 Å². The molecule has 0 fully saturated rings. The molecule has 9 aromatic rings. The highest BCUT2D eigenvalue weighted by molar-refractivity contribution is 7.02.